The topological polar surface area (TPSA) is 15.3 Å². The molecular weight excluding hydrogens is 228 g/mol. The van der Waals surface area contributed by atoms with Crippen LogP contribution < -0.4 is 5.32 Å². The van der Waals surface area contributed by atoms with Gasteiger partial charge in [0.1, 0.15) is 16.5 Å². The maximum absolute atomic E-state index is 3.85. The average molecular weight is 258 g/mol. The zero-order valence-corrected chi connectivity index (χ0v) is 13.6. The summed E-state index contributed by atoms with van der Waals surface area (Å²) in [7, 11) is -2.04. The van der Waals surface area contributed by atoms with Crippen LogP contribution in [-0.4, -0.2) is 40.3 Å². The summed E-state index contributed by atoms with van der Waals surface area (Å²) in [5.74, 6) is 0. The lowest BCUT2D eigenvalue weighted by Crippen LogP contribution is -2.55. The highest BCUT2D eigenvalue weighted by Crippen LogP contribution is 2.36. The zero-order valence-electron chi connectivity index (χ0n) is 11.6. The third kappa shape index (κ3) is 3.69. The SMILES string of the molecule is [CH2]CCNCCCN1[Si](C)(C)CC[Si]1(C)C. The summed E-state index contributed by atoms with van der Waals surface area (Å²) in [5, 5.41) is 3.46. The van der Waals surface area contributed by atoms with E-state index in [9.17, 15) is 0 Å². The summed E-state index contributed by atoms with van der Waals surface area (Å²) in [6, 6.07) is 3.05. The first-order valence-corrected chi connectivity index (χ1v) is 13.0. The molecule has 1 aliphatic heterocycles. The average Bonchev–Trinajstić information content (AvgIpc) is 2.39. The first-order chi connectivity index (χ1) is 7.40. The summed E-state index contributed by atoms with van der Waals surface area (Å²) in [4.78, 5) is 0. The molecule has 0 unspecified atom stereocenters. The molecule has 4 heteroatoms. The number of nitrogens with one attached hydrogen (secondary N) is 1. The highest BCUT2D eigenvalue weighted by Gasteiger charge is 2.46. The second-order valence-corrected chi connectivity index (χ2v) is 16.0. The first-order valence-electron chi connectivity index (χ1n) is 6.68. The van der Waals surface area contributed by atoms with Crippen molar-refractivity contribution in [3.05, 3.63) is 6.92 Å². The van der Waals surface area contributed by atoms with E-state index in [2.05, 4.69) is 42.7 Å². The van der Waals surface area contributed by atoms with Crippen LogP contribution in [0.5, 0.6) is 0 Å². The molecule has 1 N–H and O–H groups in total. The van der Waals surface area contributed by atoms with Crippen molar-refractivity contribution in [1.82, 2.24) is 9.55 Å². The fraction of sp³-hybridized carbons (Fsp3) is 0.917. The van der Waals surface area contributed by atoms with Crippen molar-refractivity contribution < 1.29 is 0 Å². The molecule has 0 bridgehead atoms. The smallest absolute Gasteiger partial charge is 0.115 e. The Kier molecular flexibility index (Phi) is 5.23. The second kappa shape index (κ2) is 5.80. The molecule has 0 aliphatic carbocycles. The van der Waals surface area contributed by atoms with Crippen molar-refractivity contribution in [2.75, 3.05) is 19.6 Å². The van der Waals surface area contributed by atoms with Gasteiger partial charge in [0.05, 0.1) is 0 Å². The van der Waals surface area contributed by atoms with Gasteiger partial charge in [0, 0.05) is 0 Å². The van der Waals surface area contributed by atoms with Crippen LogP contribution in [0, 0.1) is 6.92 Å². The molecule has 0 amide bonds. The summed E-state index contributed by atoms with van der Waals surface area (Å²) >= 11 is 0. The molecule has 1 rings (SSSR count). The van der Waals surface area contributed by atoms with Crippen LogP contribution in [0.3, 0.4) is 0 Å². The summed E-state index contributed by atoms with van der Waals surface area (Å²) in [5.41, 5.74) is 0. The van der Waals surface area contributed by atoms with Gasteiger partial charge in [-0.15, -0.1) is 0 Å². The lowest BCUT2D eigenvalue weighted by atomic mass is 10.4. The lowest BCUT2D eigenvalue weighted by molar-refractivity contribution is 0.556. The fourth-order valence-electron chi connectivity index (χ4n) is 2.92. The number of nitrogens with zero attached hydrogens (tertiary/aromatic N) is 1. The van der Waals surface area contributed by atoms with Gasteiger partial charge in [-0.1, -0.05) is 33.1 Å². The van der Waals surface area contributed by atoms with Gasteiger partial charge in [-0.25, -0.2) is 0 Å². The van der Waals surface area contributed by atoms with Crippen molar-refractivity contribution in [3.8, 4) is 0 Å². The number of hydrogen-bond donors (Lipinski definition) is 1. The Morgan fingerprint density at radius 1 is 1.06 bits per heavy atom. The first kappa shape index (κ1) is 14.4. The van der Waals surface area contributed by atoms with Gasteiger partial charge in [-0.05, 0) is 44.6 Å². The summed E-state index contributed by atoms with van der Waals surface area (Å²) < 4.78 is 2.96. The molecule has 1 heterocycles. The largest absolute Gasteiger partial charge is 0.345 e. The fourth-order valence-corrected chi connectivity index (χ4v) is 17.1. The van der Waals surface area contributed by atoms with E-state index in [1.54, 1.807) is 0 Å². The van der Waals surface area contributed by atoms with E-state index in [0.717, 1.165) is 13.0 Å². The predicted molar refractivity (Wildman–Crippen MR) is 78.7 cm³/mol. The third-order valence-electron chi connectivity index (χ3n) is 3.90. The maximum atomic E-state index is 3.85. The molecule has 1 aliphatic rings. The molecule has 2 nitrogen and oxygen atoms in total. The molecular formula is C12H29N2Si2. The summed E-state index contributed by atoms with van der Waals surface area (Å²) in [6.07, 6.45) is 2.32. The van der Waals surface area contributed by atoms with Crippen LogP contribution in [0.4, 0.5) is 0 Å². The Labute approximate surface area is 104 Å². The Morgan fingerprint density at radius 2 is 1.62 bits per heavy atom. The van der Waals surface area contributed by atoms with Crippen LogP contribution in [0.25, 0.3) is 0 Å². The molecule has 1 radical (unpaired) electrons. The Hall–Kier alpha value is 0.354. The van der Waals surface area contributed by atoms with Gasteiger partial charge in [-0.3, -0.25) is 0 Å². The lowest BCUT2D eigenvalue weighted by Gasteiger charge is -2.38. The normalized spacial score (nSPS) is 23.8. The van der Waals surface area contributed by atoms with Crippen LogP contribution >= 0.6 is 0 Å². The zero-order chi connectivity index (χ0) is 12.2. The van der Waals surface area contributed by atoms with Gasteiger partial charge in [0.15, 0.2) is 0 Å². The predicted octanol–water partition coefficient (Wildman–Crippen LogP) is 2.92. The van der Waals surface area contributed by atoms with Crippen molar-refractivity contribution >= 4 is 16.5 Å². The van der Waals surface area contributed by atoms with Gasteiger partial charge in [0.2, 0.25) is 0 Å². The third-order valence-corrected chi connectivity index (χ3v) is 14.3. The van der Waals surface area contributed by atoms with Crippen molar-refractivity contribution in [3.63, 3.8) is 0 Å². The van der Waals surface area contributed by atoms with E-state index in [1.165, 1.54) is 31.6 Å². The molecule has 0 aromatic heterocycles. The molecule has 0 atom stereocenters. The molecule has 16 heavy (non-hydrogen) atoms. The molecule has 95 valence electrons. The molecule has 1 fully saturated rings. The van der Waals surface area contributed by atoms with E-state index in [0.29, 0.717) is 0 Å². The molecule has 0 aromatic carbocycles. The van der Waals surface area contributed by atoms with Crippen molar-refractivity contribution in [1.29, 1.82) is 0 Å². The highest BCUT2D eigenvalue weighted by atomic mass is 28.4. The molecule has 0 aromatic rings. The Bertz CT molecular complexity index is 201. The van der Waals surface area contributed by atoms with E-state index in [1.807, 2.05) is 0 Å². The molecule has 0 spiro atoms. The van der Waals surface area contributed by atoms with Gasteiger partial charge >= 0.3 is 0 Å². The van der Waals surface area contributed by atoms with E-state index in [-0.39, 0.29) is 0 Å². The maximum Gasteiger partial charge on any atom is 0.115 e. The molecule has 1 saturated heterocycles. The van der Waals surface area contributed by atoms with Crippen LogP contribution in [0.15, 0.2) is 0 Å². The monoisotopic (exact) mass is 257 g/mol. The Morgan fingerprint density at radius 3 is 2.12 bits per heavy atom. The highest BCUT2D eigenvalue weighted by molar-refractivity contribution is 6.95. The van der Waals surface area contributed by atoms with Crippen LogP contribution in [0.1, 0.15) is 12.8 Å². The van der Waals surface area contributed by atoms with Gasteiger partial charge < -0.3 is 9.55 Å². The van der Waals surface area contributed by atoms with E-state index >= 15 is 0 Å². The Balaban J connectivity index is 2.33. The standard InChI is InChI=1S/C12H29N2Si2/c1-6-8-13-9-7-10-14-15(2,3)11-12-16(14,4)5/h13H,1,6-12H2,2-5H3. The van der Waals surface area contributed by atoms with Crippen molar-refractivity contribution in [2.24, 2.45) is 0 Å². The second-order valence-electron chi connectivity index (χ2n) is 6.23. The molecule has 0 saturated carbocycles. The van der Waals surface area contributed by atoms with E-state index in [4.69, 9.17) is 0 Å². The van der Waals surface area contributed by atoms with Crippen molar-refractivity contribution in [2.45, 2.75) is 51.1 Å². The van der Waals surface area contributed by atoms with Crippen LogP contribution in [-0.2, 0) is 0 Å². The van der Waals surface area contributed by atoms with Gasteiger partial charge in [-0.2, -0.15) is 0 Å². The minimum Gasteiger partial charge on any atom is -0.345 e. The minimum atomic E-state index is -1.02. The van der Waals surface area contributed by atoms with Crippen LogP contribution in [0.2, 0.25) is 38.3 Å². The number of hydrogen-bond acceptors (Lipinski definition) is 2. The van der Waals surface area contributed by atoms with Gasteiger partial charge in [0.25, 0.3) is 0 Å². The van der Waals surface area contributed by atoms with E-state index < -0.39 is 16.5 Å². The minimum absolute atomic E-state index is 1.00. The summed E-state index contributed by atoms with van der Waals surface area (Å²) in [6.45, 7) is 17.6. The number of rotatable bonds is 6. The quantitative estimate of drug-likeness (QED) is 0.581.